The summed E-state index contributed by atoms with van der Waals surface area (Å²) >= 11 is 1.47. The molecule has 3 rings (SSSR count). The predicted molar refractivity (Wildman–Crippen MR) is 82.3 cm³/mol. The number of H-pyrrole nitrogens is 1. The Hall–Kier alpha value is -2.29. The summed E-state index contributed by atoms with van der Waals surface area (Å²) in [5.74, 6) is -0.221. The highest BCUT2D eigenvalue weighted by Gasteiger charge is 2.27. The summed E-state index contributed by atoms with van der Waals surface area (Å²) in [6.45, 7) is 3.40. The van der Waals surface area contributed by atoms with Gasteiger partial charge in [-0.3, -0.25) is 4.79 Å². The van der Waals surface area contributed by atoms with E-state index in [0.717, 1.165) is 17.8 Å². The molecule has 122 valence electrons. The summed E-state index contributed by atoms with van der Waals surface area (Å²) in [7, 11) is 0. The molecule has 9 heteroatoms. The minimum absolute atomic E-state index is 0.108. The molecule has 1 fully saturated rings. The highest BCUT2D eigenvalue weighted by molar-refractivity contribution is 7.09. The molecule has 1 saturated heterocycles. The third-order valence-electron chi connectivity index (χ3n) is 3.77. The maximum atomic E-state index is 12.2. The van der Waals surface area contributed by atoms with Crippen LogP contribution in [0.15, 0.2) is 11.6 Å². The van der Waals surface area contributed by atoms with Crippen LogP contribution in [0.25, 0.3) is 0 Å². The Bertz CT molecular complexity index is 676. The molecule has 0 radical (unpaired) electrons. The molecule has 8 nitrogen and oxygen atoms in total. The van der Waals surface area contributed by atoms with E-state index >= 15 is 0 Å². The van der Waals surface area contributed by atoms with Gasteiger partial charge in [-0.1, -0.05) is 0 Å². The number of ether oxygens (including phenoxy) is 1. The van der Waals surface area contributed by atoms with E-state index in [1.54, 1.807) is 17.2 Å². The molecule has 0 aromatic carbocycles. The van der Waals surface area contributed by atoms with Crippen molar-refractivity contribution in [3.8, 4) is 0 Å². The van der Waals surface area contributed by atoms with Crippen molar-refractivity contribution in [2.75, 3.05) is 19.7 Å². The lowest BCUT2D eigenvalue weighted by molar-refractivity contribution is 0.0520. The van der Waals surface area contributed by atoms with Crippen molar-refractivity contribution in [2.45, 2.75) is 25.7 Å². The van der Waals surface area contributed by atoms with Gasteiger partial charge >= 0.3 is 5.97 Å². The lowest BCUT2D eigenvalue weighted by atomic mass is 9.97. The Kier molecular flexibility index (Phi) is 4.65. The van der Waals surface area contributed by atoms with Crippen molar-refractivity contribution in [2.24, 2.45) is 0 Å². The van der Waals surface area contributed by atoms with Crippen LogP contribution in [0.5, 0.6) is 0 Å². The van der Waals surface area contributed by atoms with Gasteiger partial charge in [0.2, 0.25) is 0 Å². The van der Waals surface area contributed by atoms with Crippen LogP contribution >= 0.6 is 11.3 Å². The van der Waals surface area contributed by atoms with Crippen molar-refractivity contribution >= 4 is 23.2 Å². The second-order valence-corrected chi connectivity index (χ2v) is 6.10. The maximum absolute atomic E-state index is 12.2. The number of piperidine rings is 1. The number of aromatic amines is 1. The molecule has 1 amide bonds. The van der Waals surface area contributed by atoms with Crippen LogP contribution in [0.2, 0.25) is 0 Å². The zero-order valence-electron chi connectivity index (χ0n) is 12.7. The normalized spacial score (nSPS) is 15.6. The molecule has 0 saturated carbocycles. The number of hydrogen-bond donors (Lipinski definition) is 1. The first-order valence-electron chi connectivity index (χ1n) is 7.46. The third kappa shape index (κ3) is 3.39. The average molecular weight is 335 g/mol. The third-order valence-corrected chi connectivity index (χ3v) is 4.78. The van der Waals surface area contributed by atoms with Gasteiger partial charge in [-0.2, -0.15) is 15.4 Å². The van der Waals surface area contributed by atoms with E-state index in [9.17, 15) is 9.59 Å². The van der Waals surface area contributed by atoms with Crippen LogP contribution in [-0.4, -0.2) is 56.9 Å². The van der Waals surface area contributed by atoms with Gasteiger partial charge in [0, 0.05) is 24.4 Å². The number of hydrogen-bond acceptors (Lipinski definition) is 7. The molecule has 23 heavy (non-hydrogen) atoms. The Morgan fingerprint density at radius 3 is 2.83 bits per heavy atom. The van der Waals surface area contributed by atoms with E-state index in [1.165, 1.54) is 17.5 Å². The SMILES string of the molecule is CCOC(=O)c1csc(C2CCN(C(=O)c3cn[nH]n3)CC2)n1. The van der Waals surface area contributed by atoms with Crippen LogP contribution in [-0.2, 0) is 4.74 Å². The quantitative estimate of drug-likeness (QED) is 0.849. The summed E-state index contributed by atoms with van der Waals surface area (Å²) in [5, 5.41) is 12.6. The van der Waals surface area contributed by atoms with Crippen LogP contribution in [0, 0.1) is 0 Å². The van der Waals surface area contributed by atoms with Gasteiger partial charge in [0.25, 0.3) is 5.91 Å². The van der Waals surface area contributed by atoms with Gasteiger partial charge in [0.1, 0.15) is 0 Å². The number of rotatable bonds is 4. The molecule has 0 unspecified atom stereocenters. The molecule has 3 heterocycles. The first-order valence-corrected chi connectivity index (χ1v) is 8.34. The standard InChI is InChI=1S/C14H17N5O3S/c1-2-22-14(21)11-8-23-12(16-11)9-3-5-19(6-4-9)13(20)10-7-15-18-17-10/h7-9H,2-6H2,1H3,(H,15,17,18). The van der Waals surface area contributed by atoms with Crippen molar-refractivity contribution in [1.82, 2.24) is 25.3 Å². The number of likely N-dealkylation sites (tertiary alicyclic amines) is 1. The molecule has 1 aliphatic heterocycles. The highest BCUT2D eigenvalue weighted by Crippen LogP contribution is 2.30. The molecule has 1 aliphatic rings. The van der Waals surface area contributed by atoms with Gasteiger partial charge in [-0.25, -0.2) is 9.78 Å². The summed E-state index contributed by atoms with van der Waals surface area (Å²) < 4.78 is 4.95. The van der Waals surface area contributed by atoms with Crippen LogP contribution < -0.4 is 0 Å². The number of nitrogens with zero attached hydrogens (tertiary/aromatic N) is 4. The summed E-state index contributed by atoms with van der Waals surface area (Å²) in [6.07, 6.45) is 3.07. The second-order valence-electron chi connectivity index (χ2n) is 5.21. The maximum Gasteiger partial charge on any atom is 0.357 e. The fourth-order valence-corrected chi connectivity index (χ4v) is 3.53. The Labute approximate surface area is 136 Å². The molecular weight excluding hydrogens is 318 g/mol. The zero-order chi connectivity index (χ0) is 16.2. The molecule has 2 aromatic rings. The fraction of sp³-hybridized carbons (Fsp3) is 0.500. The van der Waals surface area contributed by atoms with Gasteiger partial charge in [0.15, 0.2) is 11.4 Å². The zero-order valence-corrected chi connectivity index (χ0v) is 13.5. The van der Waals surface area contributed by atoms with Crippen molar-refractivity contribution in [3.05, 3.63) is 28.0 Å². The van der Waals surface area contributed by atoms with Crippen LogP contribution in [0.1, 0.15) is 51.7 Å². The fourth-order valence-electron chi connectivity index (χ4n) is 2.57. The summed E-state index contributed by atoms with van der Waals surface area (Å²) in [6, 6.07) is 0. The number of carbonyl (C=O) groups excluding carboxylic acids is 2. The smallest absolute Gasteiger partial charge is 0.357 e. The van der Waals surface area contributed by atoms with Gasteiger partial charge in [-0.15, -0.1) is 11.3 Å². The molecule has 0 bridgehead atoms. The number of amides is 1. The van der Waals surface area contributed by atoms with Crippen LogP contribution in [0.4, 0.5) is 0 Å². The Morgan fingerprint density at radius 1 is 1.39 bits per heavy atom. The predicted octanol–water partition coefficient (Wildman–Crippen LogP) is 1.46. The first-order chi connectivity index (χ1) is 11.2. The number of esters is 1. The molecule has 0 spiro atoms. The van der Waals surface area contributed by atoms with E-state index in [1.807, 2.05) is 0 Å². The summed E-state index contributed by atoms with van der Waals surface area (Å²) in [4.78, 5) is 30.0. The Morgan fingerprint density at radius 2 is 2.17 bits per heavy atom. The molecule has 2 aromatic heterocycles. The van der Waals surface area contributed by atoms with Crippen molar-refractivity contribution < 1.29 is 14.3 Å². The highest BCUT2D eigenvalue weighted by atomic mass is 32.1. The van der Waals surface area contributed by atoms with Crippen molar-refractivity contribution in [1.29, 1.82) is 0 Å². The lowest BCUT2D eigenvalue weighted by Crippen LogP contribution is -2.38. The Balaban J connectivity index is 1.59. The number of nitrogens with one attached hydrogen (secondary N) is 1. The van der Waals surface area contributed by atoms with E-state index in [0.29, 0.717) is 31.1 Å². The molecular formula is C14H17N5O3S. The minimum atomic E-state index is -0.381. The topological polar surface area (TPSA) is 101 Å². The number of carbonyl (C=O) groups is 2. The average Bonchev–Trinajstić information content (AvgIpc) is 3.26. The van der Waals surface area contributed by atoms with Gasteiger partial charge in [0.05, 0.1) is 17.8 Å². The second kappa shape index (κ2) is 6.86. The van der Waals surface area contributed by atoms with Gasteiger partial charge < -0.3 is 9.64 Å². The van der Waals surface area contributed by atoms with E-state index < -0.39 is 0 Å². The van der Waals surface area contributed by atoms with E-state index in [4.69, 9.17) is 4.74 Å². The van der Waals surface area contributed by atoms with Gasteiger partial charge in [-0.05, 0) is 19.8 Å². The largest absolute Gasteiger partial charge is 0.461 e. The van der Waals surface area contributed by atoms with Crippen LogP contribution in [0.3, 0.4) is 0 Å². The molecule has 1 N–H and O–H groups in total. The minimum Gasteiger partial charge on any atom is -0.461 e. The molecule has 0 atom stereocenters. The summed E-state index contributed by atoms with van der Waals surface area (Å²) in [5.41, 5.74) is 0.704. The van der Waals surface area contributed by atoms with E-state index in [2.05, 4.69) is 20.4 Å². The first kappa shape index (κ1) is 15.6. The number of aromatic nitrogens is 4. The monoisotopic (exact) mass is 335 g/mol. The van der Waals surface area contributed by atoms with E-state index in [-0.39, 0.29) is 17.8 Å². The van der Waals surface area contributed by atoms with Crippen molar-refractivity contribution in [3.63, 3.8) is 0 Å². The molecule has 0 aliphatic carbocycles. The number of thiazole rings is 1. The lowest BCUT2D eigenvalue weighted by Gasteiger charge is -2.30.